The van der Waals surface area contributed by atoms with Crippen LogP contribution in [0.25, 0.3) is 0 Å². The first kappa shape index (κ1) is 8.63. The molecule has 11 heavy (non-hydrogen) atoms. The molecule has 1 saturated heterocycles. The van der Waals surface area contributed by atoms with Crippen molar-refractivity contribution in [3.05, 3.63) is 0 Å². The minimum atomic E-state index is -2.21. The van der Waals surface area contributed by atoms with Crippen molar-refractivity contribution >= 4 is 17.7 Å². The maximum absolute atomic E-state index is 10.5. The molecule has 2 atom stereocenters. The van der Waals surface area contributed by atoms with E-state index in [1.165, 1.54) is 4.31 Å². The summed E-state index contributed by atoms with van der Waals surface area (Å²) in [5.74, 6) is 0. The van der Waals surface area contributed by atoms with Gasteiger partial charge in [0.1, 0.15) is 0 Å². The van der Waals surface area contributed by atoms with E-state index in [4.69, 9.17) is 0 Å². The second-order valence-electron chi connectivity index (χ2n) is 2.30. The highest BCUT2D eigenvalue weighted by molar-refractivity contribution is 7.76. The zero-order valence-corrected chi connectivity index (χ0v) is 6.67. The van der Waals surface area contributed by atoms with E-state index < -0.39 is 11.3 Å². The Labute approximate surface area is 67.2 Å². The summed E-state index contributed by atoms with van der Waals surface area (Å²) in [4.78, 5) is 9.99. The number of amides is 1. The van der Waals surface area contributed by atoms with E-state index in [1.54, 1.807) is 0 Å². The first-order valence-electron chi connectivity index (χ1n) is 3.31. The lowest BCUT2D eigenvalue weighted by atomic mass is 10.3. The summed E-state index contributed by atoms with van der Waals surface area (Å²) in [6, 6.07) is 0. The Bertz CT molecular complexity index is 175. The highest BCUT2D eigenvalue weighted by Crippen LogP contribution is 2.14. The molecular formula is C5H9N2O3S-. The van der Waals surface area contributed by atoms with E-state index in [0.717, 1.165) is 6.42 Å². The van der Waals surface area contributed by atoms with E-state index in [-0.39, 0.29) is 6.17 Å². The Hall–Kier alpha value is -0.460. The normalized spacial score (nSPS) is 28.3. The standard InChI is InChI=1S/C5H10N2O3S/c8-4-6-5-2-1-3-7(5)11(9)10/h4-5H,1-3H2,(H,6,8)(H,9,10)/p-1. The number of carbonyl (C=O) groups excluding carboxylic acids is 1. The quantitative estimate of drug-likeness (QED) is 0.441. The fraction of sp³-hybridized carbons (Fsp3) is 0.800. The molecule has 6 heteroatoms. The van der Waals surface area contributed by atoms with Gasteiger partial charge in [-0.15, -0.1) is 0 Å². The third-order valence-corrected chi connectivity index (χ3v) is 2.48. The van der Waals surface area contributed by atoms with Gasteiger partial charge in [-0.3, -0.25) is 9.00 Å². The molecule has 1 heterocycles. The lowest BCUT2D eigenvalue weighted by molar-refractivity contribution is -0.110. The topological polar surface area (TPSA) is 72.5 Å². The summed E-state index contributed by atoms with van der Waals surface area (Å²) in [5, 5.41) is 2.43. The van der Waals surface area contributed by atoms with Gasteiger partial charge >= 0.3 is 0 Å². The van der Waals surface area contributed by atoms with Crippen LogP contribution in [0.2, 0.25) is 0 Å². The monoisotopic (exact) mass is 177 g/mol. The predicted molar refractivity (Wildman–Crippen MR) is 37.8 cm³/mol. The average Bonchev–Trinajstić information content (AvgIpc) is 2.36. The first-order valence-corrected chi connectivity index (χ1v) is 4.34. The van der Waals surface area contributed by atoms with Gasteiger partial charge in [-0.05, 0) is 12.8 Å². The molecule has 0 radical (unpaired) electrons. The van der Waals surface area contributed by atoms with Crippen molar-refractivity contribution in [2.75, 3.05) is 6.54 Å². The lowest BCUT2D eigenvalue weighted by Crippen LogP contribution is -2.41. The van der Waals surface area contributed by atoms with Crippen LogP contribution in [0.3, 0.4) is 0 Å². The predicted octanol–water partition coefficient (Wildman–Crippen LogP) is -1.05. The molecule has 0 bridgehead atoms. The van der Waals surface area contributed by atoms with Crippen LogP contribution in [-0.2, 0) is 16.1 Å². The molecule has 64 valence electrons. The van der Waals surface area contributed by atoms with E-state index >= 15 is 0 Å². The van der Waals surface area contributed by atoms with Crippen molar-refractivity contribution in [1.82, 2.24) is 9.62 Å². The lowest BCUT2D eigenvalue weighted by Gasteiger charge is -2.24. The van der Waals surface area contributed by atoms with Crippen molar-refractivity contribution in [3.8, 4) is 0 Å². The number of carbonyl (C=O) groups is 1. The van der Waals surface area contributed by atoms with Gasteiger partial charge in [-0.2, -0.15) is 0 Å². The van der Waals surface area contributed by atoms with Crippen LogP contribution < -0.4 is 5.32 Å². The van der Waals surface area contributed by atoms with Crippen LogP contribution in [0.5, 0.6) is 0 Å². The smallest absolute Gasteiger partial charge is 0.208 e. The summed E-state index contributed by atoms with van der Waals surface area (Å²) in [6.45, 7) is 0.502. The van der Waals surface area contributed by atoms with E-state index in [1.807, 2.05) is 0 Å². The Kier molecular flexibility index (Phi) is 2.98. The van der Waals surface area contributed by atoms with Crippen molar-refractivity contribution in [2.24, 2.45) is 0 Å². The van der Waals surface area contributed by atoms with Gasteiger partial charge in [-0.25, -0.2) is 4.31 Å². The molecule has 1 rings (SSSR count). The summed E-state index contributed by atoms with van der Waals surface area (Å²) in [5.41, 5.74) is 0. The van der Waals surface area contributed by atoms with Crippen LogP contribution in [0.4, 0.5) is 0 Å². The second-order valence-corrected chi connectivity index (χ2v) is 3.20. The SMILES string of the molecule is O=CNC1CCCN1S(=O)[O-]. The average molecular weight is 177 g/mol. The van der Waals surface area contributed by atoms with Crippen molar-refractivity contribution in [1.29, 1.82) is 0 Å². The maximum Gasteiger partial charge on any atom is 0.208 e. The van der Waals surface area contributed by atoms with Crippen LogP contribution in [0.1, 0.15) is 12.8 Å². The van der Waals surface area contributed by atoms with Gasteiger partial charge in [0.2, 0.25) is 6.41 Å². The first-order chi connectivity index (χ1) is 5.25. The largest absolute Gasteiger partial charge is 0.760 e. The molecule has 1 N–H and O–H groups in total. The van der Waals surface area contributed by atoms with Gasteiger partial charge in [0.25, 0.3) is 0 Å². The molecule has 0 aliphatic carbocycles. The molecule has 1 aliphatic rings. The molecule has 1 amide bonds. The molecule has 0 saturated carbocycles. The Morgan fingerprint density at radius 2 is 2.45 bits per heavy atom. The molecule has 1 fully saturated rings. The highest BCUT2D eigenvalue weighted by atomic mass is 32.2. The number of hydrogen-bond acceptors (Lipinski definition) is 3. The minimum absolute atomic E-state index is 0.328. The van der Waals surface area contributed by atoms with Gasteiger partial charge in [0.15, 0.2) is 0 Å². The summed E-state index contributed by atoms with van der Waals surface area (Å²) >= 11 is -2.21. The Balaban J connectivity index is 2.50. The minimum Gasteiger partial charge on any atom is -0.760 e. The zero-order valence-electron chi connectivity index (χ0n) is 5.86. The van der Waals surface area contributed by atoms with Gasteiger partial charge in [0.05, 0.1) is 6.17 Å². The molecule has 0 aromatic heterocycles. The number of nitrogens with zero attached hydrogens (tertiary/aromatic N) is 1. The number of nitrogens with one attached hydrogen (secondary N) is 1. The molecule has 0 spiro atoms. The fourth-order valence-corrected chi connectivity index (χ4v) is 1.82. The van der Waals surface area contributed by atoms with Gasteiger partial charge in [0, 0.05) is 17.8 Å². The Morgan fingerprint density at radius 1 is 1.73 bits per heavy atom. The number of hydrogen-bond donors (Lipinski definition) is 1. The fourth-order valence-electron chi connectivity index (χ4n) is 1.16. The molecule has 2 unspecified atom stereocenters. The molecule has 0 aromatic carbocycles. The van der Waals surface area contributed by atoms with Gasteiger partial charge < -0.3 is 9.87 Å². The Morgan fingerprint density at radius 3 is 3.00 bits per heavy atom. The summed E-state index contributed by atoms with van der Waals surface area (Å²) < 4.78 is 22.1. The van der Waals surface area contributed by atoms with Gasteiger partial charge in [-0.1, -0.05) is 0 Å². The maximum atomic E-state index is 10.5. The molecule has 5 nitrogen and oxygen atoms in total. The molecule has 1 aliphatic heterocycles. The molecule has 0 aromatic rings. The molecular weight excluding hydrogens is 168 g/mol. The van der Waals surface area contributed by atoms with Crippen LogP contribution in [-0.4, -0.2) is 32.2 Å². The van der Waals surface area contributed by atoms with Crippen molar-refractivity contribution in [3.63, 3.8) is 0 Å². The van der Waals surface area contributed by atoms with E-state index in [2.05, 4.69) is 5.32 Å². The van der Waals surface area contributed by atoms with Crippen molar-refractivity contribution < 1.29 is 13.6 Å². The third kappa shape index (κ3) is 1.98. The van der Waals surface area contributed by atoms with E-state index in [9.17, 15) is 13.6 Å². The van der Waals surface area contributed by atoms with Crippen LogP contribution in [0.15, 0.2) is 0 Å². The second kappa shape index (κ2) is 3.80. The zero-order chi connectivity index (χ0) is 8.27. The summed E-state index contributed by atoms with van der Waals surface area (Å²) in [7, 11) is 0. The van der Waals surface area contributed by atoms with Crippen LogP contribution >= 0.6 is 0 Å². The summed E-state index contributed by atoms with van der Waals surface area (Å²) in [6.07, 6.45) is 1.70. The number of rotatable bonds is 3. The van der Waals surface area contributed by atoms with Crippen LogP contribution in [0, 0.1) is 0 Å². The highest BCUT2D eigenvalue weighted by Gasteiger charge is 2.23. The third-order valence-electron chi connectivity index (χ3n) is 1.66. The van der Waals surface area contributed by atoms with Crippen molar-refractivity contribution in [2.45, 2.75) is 19.0 Å². The van der Waals surface area contributed by atoms with E-state index in [0.29, 0.717) is 19.4 Å².